The molecule has 0 aliphatic heterocycles. The Kier molecular flexibility index (Phi) is 2.43. The lowest BCUT2D eigenvalue weighted by molar-refractivity contribution is -0.605. The van der Waals surface area contributed by atoms with Crippen molar-refractivity contribution in [3.63, 3.8) is 0 Å². The number of hydrogen-bond donors (Lipinski definition) is 0. The van der Waals surface area contributed by atoms with Crippen LogP contribution in [-0.2, 0) is 0 Å². The van der Waals surface area contributed by atoms with E-state index < -0.39 is 0 Å². The molecule has 1 aromatic rings. The fourth-order valence-electron chi connectivity index (χ4n) is 1.13. The van der Waals surface area contributed by atoms with Crippen LogP contribution in [0.5, 0.6) is 5.75 Å². The normalized spacial score (nSPS) is 11.4. The third kappa shape index (κ3) is 2.09. The van der Waals surface area contributed by atoms with Crippen LogP contribution in [0.2, 0.25) is 0 Å². The molecule has 1 rings (SSSR count). The van der Waals surface area contributed by atoms with Crippen molar-refractivity contribution in [3.05, 3.63) is 23.7 Å². The quantitative estimate of drug-likeness (QED) is 0.381. The number of methoxy groups -OCH3 is 1. The monoisotopic (exact) mass is 183 g/mol. The van der Waals surface area contributed by atoms with E-state index in [4.69, 9.17) is 4.74 Å². The number of rotatable bonds is 2. The summed E-state index contributed by atoms with van der Waals surface area (Å²) in [5, 5.41) is 11.1. The molecule has 72 valence electrons. The predicted octanol–water partition coefficient (Wildman–Crippen LogP) is 0.525. The zero-order chi connectivity index (χ0) is 10.1. The lowest BCUT2D eigenvalue weighted by atomic mass is 10.3. The van der Waals surface area contributed by atoms with E-state index in [0.29, 0.717) is 4.48 Å². The summed E-state index contributed by atoms with van der Waals surface area (Å²) >= 11 is 0. The first-order valence-electron chi connectivity index (χ1n) is 4.04. The summed E-state index contributed by atoms with van der Waals surface area (Å²) in [4.78, 5) is 0. The standard InChI is InChI=1S/C9H15N2O2/c1-11(2,3)8-7-10(12)6-5-9(8)13-4/h5-7H,1-4H3/q+1. The topological polar surface area (TPSA) is 36.2 Å². The van der Waals surface area contributed by atoms with E-state index in [2.05, 4.69) is 0 Å². The predicted molar refractivity (Wildman–Crippen MR) is 51.5 cm³/mol. The minimum Gasteiger partial charge on any atom is -0.619 e. The van der Waals surface area contributed by atoms with E-state index in [1.165, 1.54) is 12.4 Å². The molecule has 0 saturated carbocycles. The summed E-state index contributed by atoms with van der Waals surface area (Å²) in [6.07, 6.45) is 2.96. The van der Waals surface area contributed by atoms with E-state index in [-0.39, 0.29) is 0 Å². The molecule has 0 aliphatic carbocycles. The molecule has 0 amide bonds. The number of ether oxygens (including phenoxy) is 1. The van der Waals surface area contributed by atoms with Gasteiger partial charge in [-0.3, -0.25) is 4.48 Å². The Balaban J connectivity index is 3.24. The highest BCUT2D eigenvalue weighted by Gasteiger charge is 2.21. The van der Waals surface area contributed by atoms with Gasteiger partial charge in [0.1, 0.15) is 0 Å². The van der Waals surface area contributed by atoms with Crippen molar-refractivity contribution in [1.29, 1.82) is 0 Å². The molecule has 0 spiro atoms. The van der Waals surface area contributed by atoms with Crippen LogP contribution < -0.4 is 14.0 Å². The van der Waals surface area contributed by atoms with Crippen LogP contribution in [0.25, 0.3) is 0 Å². The number of quaternary nitrogens is 1. The van der Waals surface area contributed by atoms with E-state index in [1.54, 1.807) is 13.2 Å². The van der Waals surface area contributed by atoms with Crippen LogP contribution in [-0.4, -0.2) is 28.3 Å². The van der Waals surface area contributed by atoms with E-state index in [0.717, 1.165) is 16.2 Å². The van der Waals surface area contributed by atoms with Crippen molar-refractivity contribution < 1.29 is 9.47 Å². The van der Waals surface area contributed by atoms with Gasteiger partial charge in [-0.05, 0) is 0 Å². The second-order valence-corrected chi connectivity index (χ2v) is 3.77. The second-order valence-electron chi connectivity index (χ2n) is 3.77. The third-order valence-corrected chi connectivity index (χ3v) is 1.82. The maximum atomic E-state index is 11.1. The molecule has 0 aromatic carbocycles. The Morgan fingerprint density at radius 1 is 1.38 bits per heavy atom. The van der Waals surface area contributed by atoms with Crippen molar-refractivity contribution >= 4 is 5.69 Å². The van der Waals surface area contributed by atoms with Crippen LogP contribution in [0.1, 0.15) is 0 Å². The Morgan fingerprint density at radius 3 is 2.46 bits per heavy atom. The molecule has 4 nitrogen and oxygen atoms in total. The van der Waals surface area contributed by atoms with Crippen LogP contribution in [0.3, 0.4) is 0 Å². The molecule has 0 unspecified atom stereocenters. The molecule has 0 aliphatic rings. The van der Waals surface area contributed by atoms with Gasteiger partial charge in [-0.25, -0.2) is 0 Å². The van der Waals surface area contributed by atoms with Gasteiger partial charge in [0.05, 0.1) is 34.3 Å². The van der Waals surface area contributed by atoms with Gasteiger partial charge in [-0.1, -0.05) is 0 Å². The summed E-state index contributed by atoms with van der Waals surface area (Å²) in [7, 11) is 7.55. The summed E-state index contributed by atoms with van der Waals surface area (Å²) in [5.41, 5.74) is 0.861. The van der Waals surface area contributed by atoms with Crippen LogP contribution in [0.15, 0.2) is 18.5 Å². The number of aromatic nitrogens is 1. The Labute approximate surface area is 78.2 Å². The molecular formula is C9H15N2O2+. The lowest BCUT2D eigenvalue weighted by Crippen LogP contribution is -2.38. The molecule has 0 saturated heterocycles. The van der Waals surface area contributed by atoms with Gasteiger partial charge in [0.25, 0.3) is 0 Å². The van der Waals surface area contributed by atoms with Gasteiger partial charge in [-0.15, -0.1) is 0 Å². The highest BCUT2D eigenvalue weighted by molar-refractivity contribution is 5.51. The molecular weight excluding hydrogens is 168 g/mol. The summed E-state index contributed by atoms with van der Waals surface area (Å²) in [5.74, 6) is 0.736. The maximum absolute atomic E-state index is 11.1. The van der Waals surface area contributed by atoms with Crippen LogP contribution >= 0.6 is 0 Å². The number of pyridine rings is 1. The Bertz CT molecular complexity index is 305. The fraction of sp³-hybridized carbons (Fsp3) is 0.444. The Hall–Kier alpha value is -1.29. The molecule has 0 fully saturated rings. The fourth-order valence-corrected chi connectivity index (χ4v) is 1.13. The Morgan fingerprint density at radius 2 is 2.00 bits per heavy atom. The first-order valence-corrected chi connectivity index (χ1v) is 4.04. The largest absolute Gasteiger partial charge is 0.619 e. The molecule has 1 aromatic heterocycles. The molecule has 4 heteroatoms. The molecule has 0 radical (unpaired) electrons. The molecule has 0 atom stereocenters. The van der Waals surface area contributed by atoms with E-state index in [9.17, 15) is 5.21 Å². The van der Waals surface area contributed by atoms with Crippen molar-refractivity contribution in [2.45, 2.75) is 0 Å². The summed E-state index contributed by atoms with van der Waals surface area (Å²) in [6.45, 7) is 0. The zero-order valence-electron chi connectivity index (χ0n) is 8.44. The smallest absolute Gasteiger partial charge is 0.245 e. The molecule has 0 N–H and O–H groups in total. The van der Waals surface area contributed by atoms with Crippen molar-refractivity contribution in [1.82, 2.24) is 4.48 Å². The van der Waals surface area contributed by atoms with Gasteiger partial charge >= 0.3 is 0 Å². The summed E-state index contributed by atoms with van der Waals surface area (Å²) in [6, 6.07) is 1.67. The van der Waals surface area contributed by atoms with Gasteiger partial charge in [0.15, 0.2) is 11.9 Å². The van der Waals surface area contributed by atoms with Gasteiger partial charge in [-0.2, -0.15) is 4.73 Å². The molecule has 13 heavy (non-hydrogen) atoms. The van der Waals surface area contributed by atoms with E-state index >= 15 is 0 Å². The summed E-state index contributed by atoms with van der Waals surface area (Å²) < 4.78 is 6.50. The number of nitrogens with zero attached hydrogens (tertiary/aromatic N) is 2. The van der Waals surface area contributed by atoms with Crippen LogP contribution in [0.4, 0.5) is 5.69 Å². The van der Waals surface area contributed by atoms with Crippen molar-refractivity contribution in [2.75, 3.05) is 28.3 Å². The highest BCUT2D eigenvalue weighted by atomic mass is 16.5. The van der Waals surface area contributed by atoms with Crippen molar-refractivity contribution in [3.8, 4) is 5.75 Å². The number of hydrogen-bond acceptors (Lipinski definition) is 2. The van der Waals surface area contributed by atoms with Gasteiger partial charge in [0, 0.05) is 0 Å². The average Bonchev–Trinajstić information content (AvgIpc) is 2.03. The van der Waals surface area contributed by atoms with Crippen molar-refractivity contribution in [2.24, 2.45) is 0 Å². The molecule has 1 heterocycles. The lowest BCUT2D eigenvalue weighted by Gasteiger charge is -2.23. The second kappa shape index (κ2) is 3.22. The van der Waals surface area contributed by atoms with Gasteiger partial charge in [0.2, 0.25) is 11.9 Å². The third-order valence-electron chi connectivity index (χ3n) is 1.82. The minimum absolute atomic E-state index is 0.562. The molecule has 0 bridgehead atoms. The highest BCUT2D eigenvalue weighted by Crippen LogP contribution is 2.27. The maximum Gasteiger partial charge on any atom is 0.245 e. The first kappa shape index (κ1) is 9.80. The minimum atomic E-state index is 0.562. The average molecular weight is 183 g/mol. The van der Waals surface area contributed by atoms with E-state index in [1.807, 2.05) is 21.1 Å². The van der Waals surface area contributed by atoms with Gasteiger partial charge < -0.3 is 9.94 Å². The van der Waals surface area contributed by atoms with Crippen LogP contribution in [0, 0.1) is 5.21 Å². The zero-order valence-corrected chi connectivity index (χ0v) is 8.44. The first-order chi connectivity index (χ1) is 5.95. The SMILES string of the molecule is COc1cc[n+]([O-])cc1[N+](C)(C)C.